The van der Waals surface area contributed by atoms with Crippen molar-refractivity contribution in [3.8, 4) is 0 Å². The molecule has 1 aromatic carbocycles. The molecular weight excluding hydrogens is 356 g/mol. The number of likely N-dealkylation sites (N-methyl/N-ethyl adjacent to an activating group) is 1. The molecule has 0 spiro atoms. The normalized spacial score (nSPS) is 13.0. The highest BCUT2D eigenvalue weighted by molar-refractivity contribution is 9.11. The van der Waals surface area contributed by atoms with Crippen LogP contribution in [0.4, 0.5) is 0 Å². The van der Waals surface area contributed by atoms with Crippen LogP contribution >= 0.6 is 31.9 Å². The van der Waals surface area contributed by atoms with Crippen LogP contribution in [-0.4, -0.2) is 30.6 Å². The van der Waals surface area contributed by atoms with E-state index in [1.165, 1.54) is 5.56 Å². The molecule has 0 fully saturated rings. The minimum atomic E-state index is 0.496. The van der Waals surface area contributed by atoms with Crippen molar-refractivity contribution >= 4 is 31.9 Å². The van der Waals surface area contributed by atoms with Crippen molar-refractivity contribution in [2.45, 2.75) is 33.4 Å². The Morgan fingerprint density at radius 3 is 2.50 bits per heavy atom. The van der Waals surface area contributed by atoms with Crippen LogP contribution in [0.5, 0.6) is 0 Å². The number of halogens is 2. The molecule has 0 aromatic heterocycles. The lowest BCUT2D eigenvalue weighted by molar-refractivity contribution is 0.270. The van der Waals surface area contributed by atoms with Gasteiger partial charge in [-0.2, -0.15) is 0 Å². The Balaban J connectivity index is 2.46. The number of nitrogens with zero attached hydrogens (tertiary/aromatic N) is 1. The van der Waals surface area contributed by atoms with E-state index >= 15 is 0 Å². The Hall–Kier alpha value is 0.1000. The standard InChI is InChI=1S/C14H22Br2N2/c1-4-18(5-2)10-11(3)17-9-12-8-13(15)6-7-14(12)16/h6-8,11,17H,4-5,9-10H2,1-3H3. The molecule has 0 aliphatic rings. The van der Waals surface area contributed by atoms with Gasteiger partial charge >= 0.3 is 0 Å². The molecule has 1 rings (SSSR count). The molecule has 18 heavy (non-hydrogen) atoms. The van der Waals surface area contributed by atoms with Gasteiger partial charge in [0, 0.05) is 28.1 Å². The molecule has 0 amide bonds. The zero-order chi connectivity index (χ0) is 13.5. The Kier molecular flexibility index (Phi) is 7.46. The van der Waals surface area contributed by atoms with Crippen LogP contribution in [0.3, 0.4) is 0 Å². The Bertz CT molecular complexity index is 365. The van der Waals surface area contributed by atoms with Crippen LogP contribution in [0.25, 0.3) is 0 Å². The third-order valence-corrected chi connectivity index (χ3v) is 4.34. The fourth-order valence-corrected chi connectivity index (χ4v) is 2.69. The van der Waals surface area contributed by atoms with Gasteiger partial charge in [-0.1, -0.05) is 45.7 Å². The van der Waals surface area contributed by atoms with Crippen molar-refractivity contribution in [3.63, 3.8) is 0 Å². The summed E-state index contributed by atoms with van der Waals surface area (Å²) in [5, 5.41) is 3.57. The van der Waals surface area contributed by atoms with E-state index in [2.05, 4.69) is 75.0 Å². The SMILES string of the molecule is CCN(CC)CC(C)NCc1cc(Br)ccc1Br. The van der Waals surface area contributed by atoms with Crippen LogP contribution in [0.1, 0.15) is 26.3 Å². The van der Waals surface area contributed by atoms with Gasteiger partial charge in [0.2, 0.25) is 0 Å². The van der Waals surface area contributed by atoms with Crippen LogP contribution in [0.15, 0.2) is 27.1 Å². The first-order valence-corrected chi connectivity index (χ1v) is 8.05. The Morgan fingerprint density at radius 2 is 1.89 bits per heavy atom. The molecule has 0 aliphatic heterocycles. The van der Waals surface area contributed by atoms with E-state index in [1.54, 1.807) is 0 Å². The second kappa shape index (κ2) is 8.31. The summed E-state index contributed by atoms with van der Waals surface area (Å²) in [6.45, 7) is 10.9. The lowest BCUT2D eigenvalue weighted by Gasteiger charge is -2.23. The molecule has 102 valence electrons. The van der Waals surface area contributed by atoms with Crippen molar-refractivity contribution in [2.24, 2.45) is 0 Å². The Labute approximate surface area is 127 Å². The van der Waals surface area contributed by atoms with E-state index in [1.807, 2.05) is 6.07 Å². The molecular formula is C14H22Br2N2. The smallest absolute Gasteiger partial charge is 0.0221 e. The Morgan fingerprint density at radius 1 is 1.22 bits per heavy atom. The first-order valence-electron chi connectivity index (χ1n) is 6.46. The maximum atomic E-state index is 3.59. The first kappa shape index (κ1) is 16.2. The van der Waals surface area contributed by atoms with E-state index in [0.29, 0.717) is 6.04 Å². The summed E-state index contributed by atoms with van der Waals surface area (Å²) in [5.74, 6) is 0. The fourth-order valence-electron chi connectivity index (χ4n) is 1.90. The third-order valence-electron chi connectivity index (χ3n) is 3.08. The highest BCUT2D eigenvalue weighted by Crippen LogP contribution is 2.21. The maximum Gasteiger partial charge on any atom is 0.0221 e. The molecule has 1 atom stereocenters. The molecule has 0 bridgehead atoms. The van der Waals surface area contributed by atoms with Crippen molar-refractivity contribution in [1.29, 1.82) is 0 Å². The molecule has 0 saturated carbocycles. The highest BCUT2D eigenvalue weighted by atomic mass is 79.9. The van der Waals surface area contributed by atoms with Gasteiger partial charge in [0.15, 0.2) is 0 Å². The summed E-state index contributed by atoms with van der Waals surface area (Å²) in [4.78, 5) is 2.44. The monoisotopic (exact) mass is 376 g/mol. The van der Waals surface area contributed by atoms with Gasteiger partial charge in [0.1, 0.15) is 0 Å². The topological polar surface area (TPSA) is 15.3 Å². The number of rotatable bonds is 7. The van der Waals surface area contributed by atoms with E-state index in [0.717, 1.165) is 35.1 Å². The van der Waals surface area contributed by atoms with E-state index in [9.17, 15) is 0 Å². The van der Waals surface area contributed by atoms with Crippen LogP contribution in [-0.2, 0) is 6.54 Å². The average Bonchev–Trinajstić information content (AvgIpc) is 2.37. The first-order chi connectivity index (χ1) is 8.56. The minimum Gasteiger partial charge on any atom is -0.309 e. The second-order valence-electron chi connectivity index (χ2n) is 4.50. The zero-order valence-electron chi connectivity index (χ0n) is 11.3. The highest BCUT2D eigenvalue weighted by Gasteiger charge is 2.07. The summed E-state index contributed by atoms with van der Waals surface area (Å²) in [6, 6.07) is 6.78. The third kappa shape index (κ3) is 5.39. The maximum absolute atomic E-state index is 3.59. The van der Waals surface area contributed by atoms with Gasteiger partial charge in [0.25, 0.3) is 0 Å². The summed E-state index contributed by atoms with van der Waals surface area (Å²) >= 11 is 7.10. The van der Waals surface area contributed by atoms with Crippen molar-refractivity contribution < 1.29 is 0 Å². The van der Waals surface area contributed by atoms with Crippen molar-refractivity contribution in [3.05, 3.63) is 32.7 Å². The van der Waals surface area contributed by atoms with Crippen molar-refractivity contribution in [2.75, 3.05) is 19.6 Å². The van der Waals surface area contributed by atoms with Gasteiger partial charge in [-0.3, -0.25) is 0 Å². The molecule has 0 saturated heterocycles. The number of benzene rings is 1. The zero-order valence-corrected chi connectivity index (χ0v) is 14.5. The quantitative estimate of drug-likeness (QED) is 0.771. The lowest BCUT2D eigenvalue weighted by Crippen LogP contribution is -2.38. The van der Waals surface area contributed by atoms with Gasteiger partial charge in [-0.05, 0) is 43.8 Å². The van der Waals surface area contributed by atoms with Gasteiger partial charge < -0.3 is 10.2 Å². The van der Waals surface area contributed by atoms with Gasteiger partial charge in [-0.25, -0.2) is 0 Å². The predicted octanol–water partition coefficient (Wildman–Crippen LogP) is 4.03. The largest absolute Gasteiger partial charge is 0.309 e. The molecule has 1 N–H and O–H groups in total. The summed E-state index contributed by atoms with van der Waals surface area (Å²) in [7, 11) is 0. The minimum absolute atomic E-state index is 0.496. The lowest BCUT2D eigenvalue weighted by atomic mass is 10.2. The summed E-state index contributed by atoms with van der Waals surface area (Å²) < 4.78 is 2.28. The summed E-state index contributed by atoms with van der Waals surface area (Å²) in [6.07, 6.45) is 0. The van der Waals surface area contributed by atoms with Crippen LogP contribution in [0.2, 0.25) is 0 Å². The molecule has 0 heterocycles. The molecule has 0 radical (unpaired) electrons. The average molecular weight is 378 g/mol. The molecule has 0 aliphatic carbocycles. The molecule has 1 unspecified atom stereocenters. The van der Waals surface area contributed by atoms with Gasteiger partial charge in [0.05, 0.1) is 0 Å². The molecule has 1 aromatic rings. The molecule has 4 heteroatoms. The molecule has 2 nitrogen and oxygen atoms in total. The van der Waals surface area contributed by atoms with Gasteiger partial charge in [-0.15, -0.1) is 0 Å². The van der Waals surface area contributed by atoms with E-state index in [-0.39, 0.29) is 0 Å². The fraction of sp³-hybridized carbons (Fsp3) is 0.571. The predicted molar refractivity (Wildman–Crippen MR) is 85.9 cm³/mol. The number of hydrogen-bond donors (Lipinski definition) is 1. The van der Waals surface area contributed by atoms with Crippen LogP contribution < -0.4 is 5.32 Å². The second-order valence-corrected chi connectivity index (χ2v) is 6.27. The number of hydrogen-bond acceptors (Lipinski definition) is 2. The number of nitrogens with one attached hydrogen (secondary N) is 1. The van der Waals surface area contributed by atoms with Crippen LogP contribution in [0, 0.1) is 0 Å². The van der Waals surface area contributed by atoms with Crippen molar-refractivity contribution in [1.82, 2.24) is 10.2 Å². The van der Waals surface area contributed by atoms with E-state index in [4.69, 9.17) is 0 Å². The van der Waals surface area contributed by atoms with E-state index < -0.39 is 0 Å². The summed E-state index contributed by atoms with van der Waals surface area (Å²) in [5.41, 5.74) is 1.29.